The van der Waals surface area contributed by atoms with Crippen molar-refractivity contribution in [3.63, 3.8) is 0 Å². The molecular weight excluding hydrogens is 304 g/mol. The number of carbonyl (C=O) groups is 1. The van der Waals surface area contributed by atoms with Crippen LogP contribution in [0.1, 0.15) is 13.8 Å². The normalized spacial score (nSPS) is 11.6. The van der Waals surface area contributed by atoms with Crippen molar-refractivity contribution < 1.29 is 14.3 Å². The van der Waals surface area contributed by atoms with Crippen LogP contribution < -0.4 is 10.1 Å². The second kappa shape index (κ2) is 8.93. The van der Waals surface area contributed by atoms with E-state index >= 15 is 0 Å². The summed E-state index contributed by atoms with van der Waals surface area (Å²) in [5.41, 5.74) is 0.719. The molecule has 2 aromatic carbocycles. The molecule has 0 spiro atoms. The molecule has 0 unspecified atom stereocenters. The molecule has 5 heteroatoms. The number of amides is 2. The Kier molecular flexibility index (Phi) is 6.63. The van der Waals surface area contributed by atoms with E-state index in [0.29, 0.717) is 13.2 Å². The zero-order chi connectivity index (χ0) is 17.4. The van der Waals surface area contributed by atoms with Gasteiger partial charge in [0.15, 0.2) is 0 Å². The minimum atomic E-state index is -0.168. The molecule has 1 N–H and O–H groups in total. The molecular formula is C19H24N2O3. The third-order valence-electron chi connectivity index (χ3n) is 3.41. The number of carbonyl (C=O) groups excluding carboxylic acids is 1. The predicted molar refractivity (Wildman–Crippen MR) is 95.7 cm³/mol. The van der Waals surface area contributed by atoms with Gasteiger partial charge in [0.25, 0.3) is 0 Å². The average Bonchev–Trinajstić information content (AvgIpc) is 2.57. The number of benzene rings is 2. The number of likely N-dealkylation sites (N-methyl/N-ethyl adjacent to an activating group) is 1. The zero-order valence-electron chi connectivity index (χ0n) is 14.4. The van der Waals surface area contributed by atoms with Gasteiger partial charge in [-0.3, -0.25) is 0 Å². The van der Waals surface area contributed by atoms with E-state index in [1.165, 1.54) is 0 Å². The lowest BCUT2D eigenvalue weighted by atomic mass is 10.3. The van der Waals surface area contributed by atoms with Gasteiger partial charge in [0.2, 0.25) is 0 Å². The van der Waals surface area contributed by atoms with Gasteiger partial charge < -0.3 is 19.7 Å². The molecule has 2 rings (SSSR count). The number of hydrogen-bond acceptors (Lipinski definition) is 3. The van der Waals surface area contributed by atoms with Crippen molar-refractivity contribution in [2.45, 2.75) is 20.0 Å². The van der Waals surface area contributed by atoms with E-state index in [2.05, 4.69) is 5.32 Å². The van der Waals surface area contributed by atoms with Gasteiger partial charge in [-0.2, -0.15) is 0 Å². The van der Waals surface area contributed by atoms with Crippen LogP contribution in [0.2, 0.25) is 0 Å². The fourth-order valence-corrected chi connectivity index (χ4v) is 2.26. The van der Waals surface area contributed by atoms with E-state index in [1.54, 1.807) is 11.9 Å². The predicted octanol–water partition coefficient (Wildman–Crippen LogP) is 4.37. The molecule has 0 aromatic heterocycles. The third kappa shape index (κ3) is 5.59. The van der Waals surface area contributed by atoms with Gasteiger partial charge in [-0.1, -0.05) is 18.2 Å². The first-order valence-electron chi connectivity index (χ1n) is 8.05. The molecule has 0 fully saturated rings. The van der Waals surface area contributed by atoms with E-state index in [4.69, 9.17) is 9.47 Å². The maximum Gasteiger partial charge on any atom is 0.321 e. The van der Waals surface area contributed by atoms with Crippen molar-refractivity contribution in [2.24, 2.45) is 0 Å². The van der Waals surface area contributed by atoms with Crippen LogP contribution in [0.15, 0.2) is 54.6 Å². The Morgan fingerprint density at radius 3 is 2.33 bits per heavy atom. The maximum atomic E-state index is 12.2. The van der Waals surface area contributed by atoms with E-state index in [1.807, 2.05) is 68.4 Å². The first-order valence-corrected chi connectivity index (χ1v) is 8.05. The van der Waals surface area contributed by atoms with Gasteiger partial charge in [0.1, 0.15) is 11.5 Å². The fourth-order valence-electron chi connectivity index (χ4n) is 2.26. The molecule has 0 saturated heterocycles. The van der Waals surface area contributed by atoms with Crippen molar-refractivity contribution in [1.82, 2.24) is 4.90 Å². The molecule has 2 amide bonds. The van der Waals surface area contributed by atoms with Crippen LogP contribution in [-0.2, 0) is 4.74 Å². The first-order chi connectivity index (χ1) is 11.6. The largest absolute Gasteiger partial charge is 0.457 e. The molecule has 24 heavy (non-hydrogen) atoms. The Labute approximate surface area is 143 Å². The fraction of sp³-hybridized carbons (Fsp3) is 0.316. The number of hydrogen-bond donors (Lipinski definition) is 1. The molecule has 0 heterocycles. The number of nitrogens with one attached hydrogen (secondary N) is 1. The summed E-state index contributed by atoms with van der Waals surface area (Å²) >= 11 is 0. The smallest absolute Gasteiger partial charge is 0.321 e. The van der Waals surface area contributed by atoms with E-state index in [9.17, 15) is 4.79 Å². The minimum Gasteiger partial charge on any atom is -0.457 e. The highest BCUT2D eigenvalue weighted by atomic mass is 16.5. The summed E-state index contributed by atoms with van der Waals surface area (Å²) in [5.74, 6) is 1.50. The molecule has 0 bridgehead atoms. The molecule has 0 radical (unpaired) electrons. The minimum absolute atomic E-state index is 0.00685. The Hall–Kier alpha value is -2.53. The molecule has 0 aliphatic carbocycles. The maximum absolute atomic E-state index is 12.2. The highest BCUT2D eigenvalue weighted by Crippen LogP contribution is 2.22. The first kappa shape index (κ1) is 17.8. The van der Waals surface area contributed by atoms with E-state index in [-0.39, 0.29) is 12.1 Å². The van der Waals surface area contributed by atoms with Crippen LogP contribution in [-0.4, -0.2) is 37.2 Å². The van der Waals surface area contributed by atoms with Gasteiger partial charge in [-0.25, -0.2) is 4.79 Å². The second-order valence-corrected chi connectivity index (χ2v) is 5.52. The SMILES string of the molecule is CCO[C@@H](C)CN(C)C(=O)Nc1ccc(Oc2ccccc2)cc1. The van der Waals surface area contributed by atoms with Gasteiger partial charge in [-0.05, 0) is 50.2 Å². The topological polar surface area (TPSA) is 50.8 Å². The van der Waals surface area contributed by atoms with Crippen LogP contribution in [0.25, 0.3) is 0 Å². The van der Waals surface area contributed by atoms with E-state index in [0.717, 1.165) is 17.2 Å². The van der Waals surface area contributed by atoms with Crippen molar-refractivity contribution in [3.05, 3.63) is 54.6 Å². The Bertz CT molecular complexity index is 629. The molecule has 1 atom stereocenters. The summed E-state index contributed by atoms with van der Waals surface area (Å²) in [6, 6.07) is 16.7. The highest BCUT2D eigenvalue weighted by Gasteiger charge is 2.12. The average molecular weight is 328 g/mol. The summed E-state index contributed by atoms with van der Waals surface area (Å²) < 4.78 is 11.2. The lowest BCUT2D eigenvalue weighted by Crippen LogP contribution is -2.37. The summed E-state index contributed by atoms with van der Waals surface area (Å²) in [5, 5.41) is 2.86. The second-order valence-electron chi connectivity index (χ2n) is 5.52. The quantitative estimate of drug-likeness (QED) is 0.821. The monoisotopic (exact) mass is 328 g/mol. The lowest BCUT2D eigenvalue weighted by Gasteiger charge is -2.22. The Morgan fingerprint density at radius 2 is 1.71 bits per heavy atom. The van der Waals surface area contributed by atoms with Crippen LogP contribution in [0, 0.1) is 0 Å². The third-order valence-corrected chi connectivity index (χ3v) is 3.41. The lowest BCUT2D eigenvalue weighted by molar-refractivity contribution is 0.0594. The molecule has 0 saturated carbocycles. The van der Waals surface area contributed by atoms with Crippen molar-refractivity contribution in [2.75, 3.05) is 25.5 Å². The van der Waals surface area contributed by atoms with Crippen LogP contribution in [0.3, 0.4) is 0 Å². The summed E-state index contributed by atoms with van der Waals surface area (Å²) in [4.78, 5) is 13.8. The Balaban J connectivity index is 1.88. The van der Waals surface area contributed by atoms with Gasteiger partial charge in [0, 0.05) is 25.9 Å². The molecule has 0 aliphatic heterocycles. The van der Waals surface area contributed by atoms with Crippen molar-refractivity contribution >= 4 is 11.7 Å². The number of rotatable bonds is 7. The molecule has 2 aromatic rings. The molecule has 0 aliphatic rings. The number of anilines is 1. The number of urea groups is 1. The van der Waals surface area contributed by atoms with Crippen LogP contribution in [0.5, 0.6) is 11.5 Å². The standard InChI is InChI=1S/C19H24N2O3/c1-4-23-15(2)14-21(3)19(22)20-16-10-12-18(13-11-16)24-17-8-6-5-7-9-17/h5-13,15H,4,14H2,1-3H3,(H,20,22)/t15-/m0/s1. The van der Waals surface area contributed by atoms with E-state index < -0.39 is 0 Å². The Morgan fingerprint density at radius 1 is 1.08 bits per heavy atom. The molecule has 128 valence electrons. The van der Waals surface area contributed by atoms with Crippen LogP contribution in [0.4, 0.5) is 10.5 Å². The number of para-hydroxylation sites is 1. The van der Waals surface area contributed by atoms with Gasteiger partial charge in [0.05, 0.1) is 6.10 Å². The number of nitrogens with zero attached hydrogens (tertiary/aromatic N) is 1. The zero-order valence-corrected chi connectivity index (χ0v) is 14.4. The van der Waals surface area contributed by atoms with Crippen molar-refractivity contribution in [1.29, 1.82) is 0 Å². The van der Waals surface area contributed by atoms with Gasteiger partial charge >= 0.3 is 6.03 Å². The summed E-state index contributed by atoms with van der Waals surface area (Å²) in [7, 11) is 1.75. The van der Waals surface area contributed by atoms with Crippen molar-refractivity contribution in [3.8, 4) is 11.5 Å². The van der Waals surface area contributed by atoms with Gasteiger partial charge in [-0.15, -0.1) is 0 Å². The highest BCUT2D eigenvalue weighted by molar-refractivity contribution is 5.89. The number of ether oxygens (including phenoxy) is 2. The summed E-state index contributed by atoms with van der Waals surface area (Å²) in [6.07, 6.45) is 0.00685. The summed E-state index contributed by atoms with van der Waals surface area (Å²) in [6.45, 7) is 5.06. The molecule has 5 nitrogen and oxygen atoms in total. The van der Waals surface area contributed by atoms with Crippen LogP contribution >= 0.6 is 0 Å².